The van der Waals surface area contributed by atoms with Crippen LogP contribution < -0.4 is 0 Å². The Morgan fingerprint density at radius 2 is 2.00 bits per heavy atom. The molecule has 2 atom stereocenters. The van der Waals surface area contributed by atoms with Gasteiger partial charge in [-0.05, 0) is 0 Å². The molecule has 0 amide bonds. The number of halogens is 2. The molecule has 2 nitrogen and oxygen atoms in total. The third-order valence-corrected chi connectivity index (χ3v) is 3.13. The monoisotopic (exact) mass is 173 g/mol. The molecule has 1 aliphatic carbocycles. The molecule has 47 valence electrons. The summed E-state index contributed by atoms with van der Waals surface area (Å²) in [6.07, 6.45) is 0.367. The molecule has 0 aromatic carbocycles. The minimum atomic E-state index is -2.09. The van der Waals surface area contributed by atoms with Crippen LogP contribution in [0.1, 0.15) is 6.42 Å². The summed E-state index contributed by atoms with van der Waals surface area (Å²) in [5.74, 6) is 0. The van der Waals surface area contributed by atoms with Crippen molar-refractivity contribution in [3.8, 4) is 0 Å². The van der Waals surface area contributed by atoms with Crippen molar-refractivity contribution in [3.63, 3.8) is 0 Å². The second-order valence-corrected chi connectivity index (χ2v) is 4.35. The van der Waals surface area contributed by atoms with Crippen molar-refractivity contribution in [1.29, 1.82) is 0 Å². The second kappa shape index (κ2) is 1.84. The van der Waals surface area contributed by atoms with Gasteiger partial charge in [-0.2, -0.15) is 0 Å². The SMILES string of the molecule is [O]S(=O)C1CC1(Cl)Cl. The summed E-state index contributed by atoms with van der Waals surface area (Å²) in [7, 11) is 0. The first-order chi connectivity index (χ1) is 3.54. The van der Waals surface area contributed by atoms with Gasteiger partial charge in [0.15, 0.2) is 11.1 Å². The lowest BCUT2D eigenvalue weighted by Gasteiger charge is -1.88. The van der Waals surface area contributed by atoms with E-state index in [4.69, 9.17) is 23.2 Å². The fourth-order valence-electron chi connectivity index (χ4n) is 0.397. The molecule has 1 fully saturated rings. The molecule has 0 bridgehead atoms. The summed E-state index contributed by atoms with van der Waals surface area (Å²) in [4.78, 5) is 0. The summed E-state index contributed by atoms with van der Waals surface area (Å²) < 4.78 is 19.0. The van der Waals surface area contributed by atoms with Gasteiger partial charge in [0.1, 0.15) is 4.33 Å². The highest BCUT2D eigenvalue weighted by atomic mass is 35.5. The number of rotatable bonds is 1. The van der Waals surface area contributed by atoms with Gasteiger partial charge >= 0.3 is 0 Å². The van der Waals surface area contributed by atoms with E-state index in [0.29, 0.717) is 6.42 Å². The molecule has 2 unspecified atom stereocenters. The highest BCUT2D eigenvalue weighted by Crippen LogP contribution is 2.49. The predicted octanol–water partition coefficient (Wildman–Crippen LogP) is 1.03. The van der Waals surface area contributed by atoms with Crippen molar-refractivity contribution in [2.45, 2.75) is 16.0 Å². The highest BCUT2D eigenvalue weighted by molar-refractivity contribution is 7.80. The van der Waals surface area contributed by atoms with E-state index >= 15 is 0 Å². The first-order valence-electron chi connectivity index (χ1n) is 2.00. The number of hydrogen-bond donors (Lipinski definition) is 0. The fourth-order valence-corrected chi connectivity index (χ4v) is 2.01. The van der Waals surface area contributed by atoms with E-state index in [-0.39, 0.29) is 0 Å². The maximum Gasteiger partial charge on any atom is 0.195 e. The Morgan fingerprint density at radius 3 is 2.00 bits per heavy atom. The first-order valence-corrected chi connectivity index (χ1v) is 3.89. The van der Waals surface area contributed by atoms with Crippen LogP contribution in [0.5, 0.6) is 0 Å². The normalized spacial score (nSPS) is 36.6. The zero-order chi connectivity index (χ0) is 6.36. The summed E-state index contributed by atoms with van der Waals surface area (Å²) in [5, 5.41) is -0.536. The minimum Gasteiger partial charge on any atom is -0.227 e. The van der Waals surface area contributed by atoms with Crippen LogP contribution in [0.15, 0.2) is 0 Å². The summed E-state index contributed by atoms with van der Waals surface area (Å²) in [6.45, 7) is 0. The number of hydrogen-bond acceptors (Lipinski definition) is 1. The van der Waals surface area contributed by atoms with Gasteiger partial charge in [0.05, 0.1) is 5.25 Å². The molecule has 0 aromatic rings. The van der Waals surface area contributed by atoms with Crippen LogP contribution in [0.25, 0.3) is 0 Å². The Labute approximate surface area is 59.4 Å². The van der Waals surface area contributed by atoms with Gasteiger partial charge < -0.3 is 0 Å². The molecule has 8 heavy (non-hydrogen) atoms. The number of alkyl halides is 2. The Morgan fingerprint density at radius 1 is 1.62 bits per heavy atom. The van der Waals surface area contributed by atoms with Crippen LogP contribution in [0, 0.1) is 0 Å². The molecule has 0 aromatic heterocycles. The fraction of sp³-hybridized carbons (Fsp3) is 1.00. The lowest BCUT2D eigenvalue weighted by molar-refractivity contribution is 0.472. The van der Waals surface area contributed by atoms with Crippen molar-refractivity contribution in [2.75, 3.05) is 0 Å². The summed E-state index contributed by atoms with van der Waals surface area (Å²) >= 11 is 8.66. The van der Waals surface area contributed by atoms with Crippen LogP contribution >= 0.6 is 23.2 Å². The zero-order valence-electron chi connectivity index (χ0n) is 3.77. The standard InChI is InChI=1S/C3H3Cl2O2S/c4-3(5)1-2(3)8(6)7/h2H,1H2. The molecule has 5 heteroatoms. The van der Waals surface area contributed by atoms with Gasteiger partial charge in [0, 0.05) is 6.42 Å². The van der Waals surface area contributed by atoms with Crippen LogP contribution in [0.2, 0.25) is 0 Å². The summed E-state index contributed by atoms with van der Waals surface area (Å²) in [6, 6.07) is 0. The van der Waals surface area contributed by atoms with Gasteiger partial charge in [-0.1, -0.05) is 0 Å². The van der Waals surface area contributed by atoms with Crippen molar-refractivity contribution in [1.82, 2.24) is 0 Å². The van der Waals surface area contributed by atoms with Gasteiger partial charge in [-0.3, -0.25) is 0 Å². The average Bonchev–Trinajstić information content (AvgIpc) is 2.13. The zero-order valence-corrected chi connectivity index (χ0v) is 6.09. The molecule has 0 N–H and O–H groups in total. The Bertz CT molecular complexity index is 135. The van der Waals surface area contributed by atoms with E-state index in [1.807, 2.05) is 0 Å². The quantitative estimate of drug-likeness (QED) is 0.547. The van der Waals surface area contributed by atoms with E-state index in [2.05, 4.69) is 0 Å². The Hall–Kier alpha value is 0.690. The van der Waals surface area contributed by atoms with Crippen molar-refractivity contribution in [2.24, 2.45) is 0 Å². The molecule has 1 rings (SSSR count). The van der Waals surface area contributed by atoms with Crippen LogP contribution in [-0.4, -0.2) is 13.8 Å². The van der Waals surface area contributed by atoms with Crippen LogP contribution in [-0.2, 0) is 15.6 Å². The smallest absolute Gasteiger partial charge is 0.195 e. The molecule has 1 radical (unpaired) electrons. The molecule has 0 heterocycles. The second-order valence-electron chi connectivity index (χ2n) is 1.71. The van der Waals surface area contributed by atoms with Crippen LogP contribution in [0.4, 0.5) is 0 Å². The van der Waals surface area contributed by atoms with Crippen LogP contribution in [0.3, 0.4) is 0 Å². The maximum absolute atomic E-state index is 10.0. The summed E-state index contributed by atoms with van der Waals surface area (Å²) in [5.41, 5.74) is 0. The minimum absolute atomic E-state index is 0.367. The predicted molar refractivity (Wildman–Crippen MR) is 31.7 cm³/mol. The lowest BCUT2D eigenvalue weighted by Crippen LogP contribution is -2.00. The topological polar surface area (TPSA) is 37.0 Å². The van der Waals surface area contributed by atoms with Gasteiger partial charge in [-0.25, -0.2) is 4.21 Å². The molecule has 1 aliphatic rings. The third-order valence-electron chi connectivity index (χ3n) is 1.00. The highest BCUT2D eigenvalue weighted by Gasteiger charge is 2.56. The maximum atomic E-state index is 10.0. The molecular weight excluding hydrogens is 171 g/mol. The van der Waals surface area contributed by atoms with Crippen molar-refractivity contribution in [3.05, 3.63) is 0 Å². The van der Waals surface area contributed by atoms with Gasteiger partial charge in [0.2, 0.25) is 0 Å². The molecule has 0 aliphatic heterocycles. The van der Waals surface area contributed by atoms with E-state index in [9.17, 15) is 8.76 Å². The third kappa shape index (κ3) is 1.16. The first kappa shape index (κ1) is 6.81. The van der Waals surface area contributed by atoms with Crippen molar-refractivity contribution < 1.29 is 8.76 Å². The van der Waals surface area contributed by atoms with E-state index in [0.717, 1.165) is 0 Å². The Balaban J connectivity index is 2.48. The molecule has 0 saturated heterocycles. The van der Waals surface area contributed by atoms with Crippen molar-refractivity contribution >= 4 is 34.3 Å². The molecule has 0 spiro atoms. The van der Waals surface area contributed by atoms with E-state index in [1.54, 1.807) is 0 Å². The van der Waals surface area contributed by atoms with Gasteiger partial charge in [-0.15, -0.1) is 27.8 Å². The lowest BCUT2D eigenvalue weighted by atomic mass is 10.9. The Kier molecular flexibility index (Phi) is 1.56. The van der Waals surface area contributed by atoms with Gasteiger partial charge in [0.25, 0.3) is 0 Å². The average molecular weight is 174 g/mol. The van der Waals surface area contributed by atoms with E-state index < -0.39 is 20.7 Å². The largest absolute Gasteiger partial charge is 0.227 e. The molecule has 1 saturated carbocycles. The molecular formula is C3H3Cl2O2S. The van der Waals surface area contributed by atoms with E-state index in [1.165, 1.54) is 0 Å².